The van der Waals surface area contributed by atoms with Crippen molar-refractivity contribution in [2.75, 3.05) is 6.26 Å². The van der Waals surface area contributed by atoms with Gasteiger partial charge >= 0.3 is 0 Å². The lowest BCUT2D eigenvalue weighted by molar-refractivity contribution is 0.415. The van der Waals surface area contributed by atoms with Crippen LogP contribution in [0.15, 0.2) is 22.7 Å². The van der Waals surface area contributed by atoms with Crippen molar-refractivity contribution in [1.82, 2.24) is 10.1 Å². The van der Waals surface area contributed by atoms with Crippen LogP contribution in [0.2, 0.25) is 0 Å². The predicted octanol–water partition coefficient (Wildman–Crippen LogP) is 1.13. The van der Waals surface area contributed by atoms with E-state index >= 15 is 0 Å². The summed E-state index contributed by atoms with van der Waals surface area (Å²) >= 11 is 0. The molecule has 8 heteroatoms. The maximum atomic E-state index is 13.5. The molecule has 0 aliphatic carbocycles. The summed E-state index contributed by atoms with van der Waals surface area (Å²) in [6.45, 7) is 0. The zero-order valence-corrected chi connectivity index (χ0v) is 10.1. The number of rotatable bonds is 3. The van der Waals surface area contributed by atoms with Gasteiger partial charge in [-0.3, -0.25) is 0 Å². The lowest BCUT2D eigenvalue weighted by atomic mass is 10.2. The van der Waals surface area contributed by atoms with Gasteiger partial charge in [-0.15, -0.1) is 0 Å². The van der Waals surface area contributed by atoms with Crippen molar-refractivity contribution in [3.05, 3.63) is 29.8 Å². The molecule has 1 aromatic carbocycles. The van der Waals surface area contributed by atoms with E-state index in [1.54, 1.807) is 0 Å². The highest BCUT2D eigenvalue weighted by atomic mass is 32.2. The first-order valence-corrected chi connectivity index (χ1v) is 6.91. The van der Waals surface area contributed by atoms with Crippen LogP contribution in [-0.2, 0) is 15.6 Å². The zero-order valence-electron chi connectivity index (χ0n) is 9.29. The second-order valence-corrected chi connectivity index (χ2v) is 5.86. The minimum absolute atomic E-state index is 0.0878. The molecular formula is C10H9FN2O4S. The van der Waals surface area contributed by atoms with Gasteiger partial charge in [-0.1, -0.05) is 11.2 Å². The summed E-state index contributed by atoms with van der Waals surface area (Å²) in [5.41, 5.74) is -0.246. The SMILES string of the molecule is CS(=O)(=O)Cc1noc(-c2c(O)cccc2F)n1. The molecule has 2 rings (SSSR count). The summed E-state index contributed by atoms with van der Waals surface area (Å²) in [6.07, 6.45) is 1.02. The number of benzene rings is 1. The molecule has 0 fully saturated rings. The van der Waals surface area contributed by atoms with Crippen LogP contribution in [0.3, 0.4) is 0 Å². The van der Waals surface area contributed by atoms with Crippen LogP contribution in [0.1, 0.15) is 5.82 Å². The quantitative estimate of drug-likeness (QED) is 0.900. The first kappa shape index (κ1) is 12.5. The molecule has 1 heterocycles. The van der Waals surface area contributed by atoms with E-state index in [0.717, 1.165) is 12.3 Å². The van der Waals surface area contributed by atoms with E-state index in [1.807, 2.05) is 0 Å². The molecule has 0 amide bonds. The third-order valence-electron chi connectivity index (χ3n) is 2.06. The molecule has 0 radical (unpaired) electrons. The van der Waals surface area contributed by atoms with Crippen molar-refractivity contribution < 1.29 is 22.4 Å². The number of hydrogen-bond donors (Lipinski definition) is 1. The van der Waals surface area contributed by atoms with E-state index in [0.29, 0.717) is 0 Å². The molecule has 0 bridgehead atoms. The largest absolute Gasteiger partial charge is 0.507 e. The third-order valence-corrected chi connectivity index (χ3v) is 2.85. The minimum Gasteiger partial charge on any atom is -0.507 e. The van der Waals surface area contributed by atoms with Crippen LogP contribution in [0, 0.1) is 5.82 Å². The molecule has 0 unspecified atom stereocenters. The number of aromatic nitrogens is 2. The first-order valence-electron chi connectivity index (χ1n) is 4.85. The Kier molecular flexibility index (Phi) is 3.04. The number of sulfone groups is 1. The summed E-state index contributed by atoms with van der Waals surface area (Å²) in [7, 11) is -3.31. The topological polar surface area (TPSA) is 93.3 Å². The van der Waals surface area contributed by atoms with Gasteiger partial charge in [0.1, 0.15) is 22.9 Å². The van der Waals surface area contributed by atoms with Gasteiger partial charge in [-0.2, -0.15) is 4.98 Å². The lowest BCUT2D eigenvalue weighted by Crippen LogP contribution is -2.02. The van der Waals surface area contributed by atoms with E-state index < -0.39 is 21.4 Å². The summed E-state index contributed by atoms with van der Waals surface area (Å²) in [5, 5.41) is 12.9. The zero-order chi connectivity index (χ0) is 13.3. The second-order valence-electron chi connectivity index (χ2n) is 3.72. The number of phenolic OH excluding ortho intramolecular Hbond substituents is 1. The molecule has 96 valence electrons. The van der Waals surface area contributed by atoms with Crippen LogP contribution in [0.4, 0.5) is 4.39 Å². The normalized spacial score (nSPS) is 11.7. The summed E-state index contributed by atoms with van der Waals surface area (Å²) in [6, 6.07) is 3.70. The number of hydrogen-bond acceptors (Lipinski definition) is 6. The van der Waals surface area contributed by atoms with E-state index in [1.165, 1.54) is 12.1 Å². The fourth-order valence-electron chi connectivity index (χ4n) is 1.37. The molecule has 1 N–H and O–H groups in total. The Morgan fingerprint density at radius 1 is 1.44 bits per heavy atom. The molecule has 6 nitrogen and oxygen atoms in total. The van der Waals surface area contributed by atoms with E-state index in [9.17, 15) is 17.9 Å². The summed E-state index contributed by atoms with van der Waals surface area (Å²) in [5.74, 6) is -1.85. The van der Waals surface area contributed by atoms with Crippen molar-refractivity contribution in [2.45, 2.75) is 5.75 Å². The average Bonchev–Trinajstić information content (AvgIpc) is 2.63. The van der Waals surface area contributed by atoms with Crippen molar-refractivity contribution in [3.8, 4) is 17.2 Å². The van der Waals surface area contributed by atoms with Crippen molar-refractivity contribution in [3.63, 3.8) is 0 Å². The van der Waals surface area contributed by atoms with Crippen molar-refractivity contribution in [1.29, 1.82) is 0 Å². The van der Waals surface area contributed by atoms with Gasteiger partial charge in [0.15, 0.2) is 15.7 Å². The Morgan fingerprint density at radius 3 is 2.78 bits per heavy atom. The van der Waals surface area contributed by atoms with Crippen LogP contribution in [-0.4, -0.2) is 29.9 Å². The van der Waals surface area contributed by atoms with E-state index in [-0.39, 0.29) is 23.0 Å². The Hall–Kier alpha value is -1.96. The second kappa shape index (κ2) is 4.37. The molecule has 2 aromatic rings. The lowest BCUT2D eigenvalue weighted by Gasteiger charge is -1.99. The Morgan fingerprint density at radius 2 is 2.17 bits per heavy atom. The smallest absolute Gasteiger partial charge is 0.264 e. The number of phenols is 1. The van der Waals surface area contributed by atoms with Crippen molar-refractivity contribution in [2.24, 2.45) is 0 Å². The fraction of sp³-hybridized carbons (Fsp3) is 0.200. The molecule has 0 atom stereocenters. The highest BCUT2D eigenvalue weighted by Crippen LogP contribution is 2.30. The van der Waals surface area contributed by atoms with Gasteiger partial charge in [-0.05, 0) is 12.1 Å². The molecule has 18 heavy (non-hydrogen) atoms. The molecule has 0 spiro atoms. The maximum Gasteiger partial charge on any atom is 0.264 e. The summed E-state index contributed by atoms with van der Waals surface area (Å²) in [4.78, 5) is 3.73. The van der Waals surface area contributed by atoms with Gasteiger partial charge < -0.3 is 9.63 Å². The minimum atomic E-state index is -3.31. The Bertz CT molecular complexity index is 661. The van der Waals surface area contributed by atoms with Gasteiger partial charge in [0.25, 0.3) is 5.89 Å². The van der Waals surface area contributed by atoms with Crippen LogP contribution < -0.4 is 0 Å². The molecule has 0 saturated heterocycles. The standard InChI is InChI=1S/C10H9FN2O4S/c1-18(15,16)5-8-12-10(17-13-8)9-6(11)3-2-4-7(9)14/h2-4,14H,5H2,1H3. The monoisotopic (exact) mass is 272 g/mol. The Labute approximate surface area is 102 Å². The Balaban J connectivity index is 2.42. The number of aromatic hydroxyl groups is 1. The fourth-order valence-corrected chi connectivity index (χ4v) is 1.96. The molecule has 0 aliphatic heterocycles. The maximum absolute atomic E-state index is 13.5. The van der Waals surface area contributed by atoms with Gasteiger partial charge in [0.05, 0.1) is 0 Å². The van der Waals surface area contributed by atoms with E-state index in [2.05, 4.69) is 10.1 Å². The third kappa shape index (κ3) is 2.65. The summed E-state index contributed by atoms with van der Waals surface area (Å²) < 4.78 is 40.3. The molecular weight excluding hydrogens is 263 g/mol. The molecule has 0 saturated carbocycles. The van der Waals surface area contributed by atoms with Crippen LogP contribution in [0.5, 0.6) is 5.75 Å². The molecule has 1 aromatic heterocycles. The average molecular weight is 272 g/mol. The van der Waals surface area contributed by atoms with Gasteiger partial charge in [-0.25, -0.2) is 12.8 Å². The number of nitrogens with zero attached hydrogens (tertiary/aromatic N) is 2. The number of halogens is 1. The van der Waals surface area contributed by atoms with Crippen LogP contribution in [0.25, 0.3) is 11.5 Å². The van der Waals surface area contributed by atoms with E-state index in [4.69, 9.17) is 4.52 Å². The van der Waals surface area contributed by atoms with Gasteiger partial charge in [0.2, 0.25) is 0 Å². The van der Waals surface area contributed by atoms with Gasteiger partial charge in [0, 0.05) is 6.26 Å². The first-order chi connectivity index (χ1) is 8.37. The predicted molar refractivity (Wildman–Crippen MR) is 59.9 cm³/mol. The van der Waals surface area contributed by atoms with Crippen molar-refractivity contribution >= 4 is 9.84 Å². The molecule has 0 aliphatic rings. The highest BCUT2D eigenvalue weighted by Gasteiger charge is 2.19. The van der Waals surface area contributed by atoms with Crippen LogP contribution >= 0.6 is 0 Å². The highest BCUT2D eigenvalue weighted by molar-refractivity contribution is 7.89.